The summed E-state index contributed by atoms with van der Waals surface area (Å²) < 4.78 is 0. The molecule has 0 spiro atoms. The van der Waals surface area contributed by atoms with Gasteiger partial charge in [-0.1, -0.05) is 17.7 Å². The zero-order chi connectivity index (χ0) is 21.8. The van der Waals surface area contributed by atoms with E-state index >= 15 is 0 Å². The summed E-state index contributed by atoms with van der Waals surface area (Å²) in [6.07, 6.45) is 0. The van der Waals surface area contributed by atoms with Crippen molar-refractivity contribution >= 4 is 40.3 Å². The van der Waals surface area contributed by atoms with E-state index in [1.54, 1.807) is 31.2 Å². The maximum atomic E-state index is 12.3. The third-order valence-electron chi connectivity index (χ3n) is 4.90. The first-order valence-electron chi connectivity index (χ1n) is 9.20. The molecular formula is C19H20ClN5O5. The average molecular weight is 434 g/mol. The van der Waals surface area contributed by atoms with Crippen LogP contribution in [0.3, 0.4) is 0 Å². The molecule has 0 bridgehead atoms. The van der Waals surface area contributed by atoms with E-state index in [9.17, 15) is 25.0 Å². The van der Waals surface area contributed by atoms with E-state index in [0.717, 1.165) is 0 Å². The molecule has 0 aromatic heterocycles. The highest BCUT2D eigenvalue weighted by Gasteiger charge is 2.25. The van der Waals surface area contributed by atoms with Crippen molar-refractivity contribution in [3.05, 3.63) is 67.2 Å². The second-order valence-corrected chi connectivity index (χ2v) is 7.40. The summed E-state index contributed by atoms with van der Waals surface area (Å²) in [6.45, 7) is 3.88. The second-order valence-electron chi connectivity index (χ2n) is 6.96. The standard InChI is InChI=1S/C19H20ClN5O5/c1-13-2-4-15(11-17(13)24(27)28)21-19(26)12-22-6-8-23(9-7-22)16-5-3-14(20)10-18(16)25(29)30/h2-5,10-11H,6-9,12H2,1H3,(H,21,26). The van der Waals surface area contributed by atoms with Gasteiger partial charge in [0.05, 0.1) is 16.4 Å². The van der Waals surface area contributed by atoms with E-state index in [2.05, 4.69) is 5.32 Å². The van der Waals surface area contributed by atoms with Gasteiger partial charge in [0, 0.05) is 54.6 Å². The molecule has 1 fully saturated rings. The molecule has 0 atom stereocenters. The summed E-state index contributed by atoms with van der Waals surface area (Å²) in [5, 5.41) is 25.3. The monoisotopic (exact) mass is 433 g/mol. The number of amides is 1. The summed E-state index contributed by atoms with van der Waals surface area (Å²) in [4.78, 5) is 37.6. The van der Waals surface area contributed by atoms with E-state index in [1.807, 2.05) is 9.80 Å². The SMILES string of the molecule is Cc1ccc(NC(=O)CN2CCN(c3ccc(Cl)cc3[N+](=O)[O-])CC2)cc1[N+](=O)[O-]. The Kier molecular flexibility index (Phi) is 6.48. The van der Waals surface area contributed by atoms with Crippen LogP contribution in [0.5, 0.6) is 0 Å². The van der Waals surface area contributed by atoms with Gasteiger partial charge < -0.3 is 10.2 Å². The van der Waals surface area contributed by atoms with Gasteiger partial charge in [-0.05, 0) is 25.1 Å². The molecule has 3 rings (SSSR count). The van der Waals surface area contributed by atoms with E-state index in [1.165, 1.54) is 12.1 Å². The number of aryl methyl sites for hydroxylation is 1. The van der Waals surface area contributed by atoms with Crippen LogP contribution in [0.4, 0.5) is 22.7 Å². The number of carbonyl (C=O) groups excluding carboxylic acids is 1. The Bertz CT molecular complexity index is 991. The summed E-state index contributed by atoms with van der Waals surface area (Å²) in [6, 6.07) is 9.13. The van der Waals surface area contributed by atoms with Crippen LogP contribution < -0.4 is 10.2 Å². The Balaban J connectivity index is 1.58. The van der Waals surface area contributed by atoms with Crippen molar-refractivity contribution < 1.29 is 14.6 Å². The van der Waals surface area contributed by atoms with Crippen LogP contribution in [0.15, 0.2) is 36.4 Å². The maximum absolute atomic E-state index is 12.3. The number of anilines is 2. The highest BCUT2D eigenvalue weighted by Crippen LogP contribution is 2.31. The molecule has 0 radical (unpaired) electrons. The highest BCUT2D eigenvalue weighted by atomic mass is 35.5. The number of nitro groups is 2. The number of nitrogens with one attached hydrogen (secondary N) is 1. The third-order valence-corrected chi connectivity index (χ3v) is 5.14. The molecule has 30 heavy (non-hydrogen) atoms. The van der Waals surface area contributed by atoms with Gasteiger partial charge in [0.25, 0.3) is 11.4 Å². The lowest BCUT2D eigenvalue weighted by Crippen LogP contribution is -2.48. The summed E-state index contributed by atoms with van der Waals surface area (Å²) >= 11 is 5.87. The lowest BCUT2D eigenvalue weighted by atomic mass is 10.2. The molecule has 1 saturated heterocycles. The minimum Gasteiger partial charge on any atom is -0.363 e. The van der Waals surface area contributed by atoms with Gasteiger partial charge >= 0.3 is 0 Å². The minimum atomic E-state index is -0.486. The zero-order valence-electron chi connectivity index (χ0n) is 16.2. The first-order chi connectivity index (χ1) is 14.2. The lowest BCUT2D eigenvalue weighted by molar-refractivity contribution is -0.385. The molecule has 0 aliphatic carbocycles. The van der Waals surface area contributed by atoms with Gasteiger partial charge in [-0.2, -0.15) is 0 Å². The second kappa shape index (κ2) is 9.06. The van der Waals surface area contributed by atoms with Gasteiger partial charge in [-0.25, -0.2) is 0 Å². The number of piperazine rings is 1. The molecule has 11 heteroatoms. The first-order valence-corrected chi connectivity index (χ1v) is 9.58. The topological polar surface area (TPSA) is 122 Å². The Morgan fingerprint density at radius 2 is 1.70 bits per heavy atom. The molecule has 10 nitrogen and oxygen atoms in total. The van der Waals surface area contributed by atoms with Crippen molar-refractivity contribution in [2.75, 3.05) is 42.9 Å². The Morgan fingerprint density at radius 3 is 2.33 bits per heavy atom. The van der Waals surface area contributed by atoms with Gasteiger partial charge in [-0.15, -0.1) is 0 Å². The van der Waals surface area contributed by atoms with E-state index in [-0.39, 0.29) is 23.8 Å². The number of carbonyl (C=O) groups is 1. The molecule has 2 aromatic carbocycles. The number of halogens is 1. The van der Waals surface area contributed by atoms with Gasteiger partial charge in [0.15, 0.2) is 0 Å². The Hall–Kier alpha value is -3.24. The molecule has 1 N–H and O–H groups in total. The van der Waals surface area contributed by atoms with Crippen LogP contribution in [0.2, 0.25) is 5.02 Å². The van der Waals surface area contributed by atoms with Crippen molar-refractivity contribution in [2.24, 2.45) is 0 Å². The van der Waals surface area contributed by atoms with Crippen molar-refractivity contribution in [1.82, 2.24) is 4.90 Å². The third kappa shape index (κ3) is 5.02. The number of benzene rings is 2. The largest absolute Gasteiger partial charge is 0.363 e. The van der Waals surface area contributed by atoms with Crippen molar-refractivity contribution in [2.45, 2.75) is 6.92 Å². The predicted molar refractivity (Wildman–Crippen MR) is 113 cm³/mol. The molecule has 1 aliphatic heterocycles. The fourth-order valence-corrected chi connectivity index (χ4v) is 3.51. The number of rotatable bonds is 6. The fraction of sp³-hybridized carbons (Fsp3) is 0.316. The van der Waals surface area contributed by atoms with Crippen LogP contribution in [0, 0.1) is 27.2 Å². The minimum absolute atomic E-state index is 0.0466. The Labute approximate surface area is 177 Å². The predicted octanol–water partition coefficient (Wildman–Crippen LogP) is 3.23. The van der Waals surface area contributed by atoms with Crippen molar-refractivity contribution in [1.29, 1.82) is 0 Å². The van der Waals surface area contributed by atoms with Crippen molar-refractivity contribution in [3.63, 3.8) is 0 Å². The van der Waals surface area contributed by atoms with Crippen LogP contribution in [0.1, 0.15) is 5.56 Å². The molecule has 158 valence electrons. The number of nitrogens with zero attached hydrogens (tertiary/aromatic N) is 4. The number of hydrogen-bond acceptors (Lipinski definition) is 7. The van der Waals surface area contributed by atoms with Crippen molar-refractivity contribution in [3.8, 4) is 0 Å². The van der Waals surface area contributed by atoms with Crippen LogP contribution in [-0.2, 0) is 4.79 Å². The molecule has 1 aliphatic rings. The quantitative estimate of drug-likeness (QED) is 0.548. The van der Waals surface area contributed by atoms with Gasteiger partial charge in [0.2, 0.25) is 5.91 Å². The van der Waals surface area contributed by atoms with E-state index in [4.69, 9.17) is 11.6 Å². The molecular weight excluding hydrogens is 414 g/mol. The first kappa shape index (κ1) is 21.5. The van der Waals surface area contributed by atoms with Crippen LogP contribution >= 0.6 is 11.6 Å². The summed E-state index contributed by atoms with van der Waals surface area (Å²) in [7, 11) is 0. The number of hydrogen-bond donors (Lipinski definition) is 1. The molecule has 0 saturated carbocycles. The van der Waals surface area contributed by atoms with Gasteiger partial charge in [-0.3, -0.25) is 29.9 Å². The van der Waals surface area contributed by atoms with Crippen LogP contribution in [-0.4, -0.2) is 53.4 Å². The highest BCUT2D eigenvalue weighted by molar-refractivity contribution is 6.30. The number of nitro benzene ring substituents is 2. The fourth-order valence-electron chi connectivity index (χ4n) is 3.34. The smallest absolute Gasteiger partial charge is 0.294 e. The molecule has 2 aromatic rings. The summed E-state index contributed by atoms with van der Waals surface area (Å²) in [5.41, 5.74) is 1.29. The normalized spacial score (nSPS) is 14.4. The maximum Gasteiger partial charge on any atom is 0.294 e. The average Bonchev–Trinajstić information content (AvgIpc) is 2.70. The van der Waals surface area contributed by atoms with E-state index < -0.39 is 9.85 Å². The Morgan fingerprint density at radius 1 is 1.03 bits per heavy atom. The molecule has 0 unspecified atom stereocenters. The van der Waals surface area contributed by atoms with Gasteiger partial charge in [0.1, 0.15) is 5.69 Å². The van der Waals surface area contributed by atoms with Crippen LogP contribution in [0.25, 0.3) is 0 Å². The lowest BCUT2D eigenvalue weighted by Gasteiger charge is -2.35. The molecule has 1 heterocycles. The van der Waals surface area contributed by atoms with E-state index in [0.29, 0.717) is 48.1 Å². The zero-order valence-corrected chi connectivity index (χ0v) is 17.0. The summed E-state index contributed by atoms with van der Waals surface area (Å²) in [5.74, 6) is -0.279. The molecule has 1 amide bonds.